The molecule has 51 heavy (non-hydrogen) atoms. The molecule has 0 spiro atoms. The Labute approximate surface area is 317 Å². The average Bonchev–Trinajstić information content (AvgIpc) is 3.11. The standard InChI is InChI=1S/C45H88O6/c1-6-8-10-12-14-16-18-20-22-24-26-28-30-32-34-36-38-48-44(42(4)46)50-40-41(3)51-45(43(5)47)49-39-37-35-33-31-29-27-25-23-21-19-17-15-13-11-9-7-2/h20-23,41-47H,6-19,24-40H2,1-5H3/b22-20-,23-21-. The highest BCUT2D eigenvalue weighted by molar-refractivity contribution is 4.82. The number of aliphatic hydroxyl groups excluding tert-OH is 2. The fraction of sp³-hybridized carbons (Fsp3) is 0.911. The Morgan fingerprint density at radius 3 is 1.06 bits per heavy atom. The lowest BCUT2D eigenvalue weighted by Crippen LogP contribution is -2.37. The number of aliphatic hydroxyl groups is 2. The van der Waals surface area contributed by atoms with Crippen molar-refractivity contribution in [2.75, 3.05) is 19.8 Å². The molecule has 0 fully saturated rings. The molecule has 5 unspecified atom stereocenters. The van der Waals surface area contributed by atoms with Crippen molar-refractivity contribution >= 4 is 0 Å². The fourth-order valence-corrected chi connectivity index (χ4v) is 6.22. The number of rotatable bonds is 41. The second-order valence-corrected chi connectivity index (χ2v) is 15.1. The molecular weight excluding hydrogens is 636 g/mol. The Bertz CT molecular complexity index is 723. The molecule has 0 aliphatic carbocycles. The molecule has 304 valence electrons. The Morgan fingerprint density at radius 2 is 0.706 bits per heavy atom. The molecule has 0 aromatic heterocycles. The summed E-state index contributed by atoms with van der Waals surface area (Å²) in [6.07, 6.45) is 42.0. The highest BCUT2D eigenvalue weighted by Crippen LogP contribution is 2.14. The second kappa shape index (κ2) is 40.4. The van der Waals surface area contributed by atoms with Gasteiger partial charge in [-0.05, 0) is 85.0 Å². The van der Waals surface area contributed by atoms with Crippen LogP contribution in [0, 0.1) is 0 Å². The maximum absolute atomic E-state index is 10.2. The summed E-state index contributed by atoms with van der Waals surface area (Å²) in [5.41, 5.74) is 0. The van der Waals surface area contributed by atoms with Gasteiger partial charge in [0.25, 0.3) is 0 Å². The molecule has 0 radical (unpaired) electrons. The van der Waals surface area contributed by atoms with Crippen LogP contribution in [0.2, 0.25) is 0 Å². The van der Waals surface area contributed by atoms with E-state index in [4.69, 9.17) is 18.9 Å². The molecule has 0 aromatic carbocycles. The van der Waals surface area contributed by atoms with E-state index in [1.165, 1.54) is 154 Å². The number of unbranched alkanes of at least 4 members (excludes halogenated alkanes) is 24. The van der Waals surface area contributed by atoms with Crippen molar-refractivity contribution in [3.63, 3.8) is 0 Å². The molecule has 0 amide bonds. The summed E-state index contributed by atoms with van der Waals surface area (Å²) in [4.78, 5) is 0. The predicted molar refractivity (Wildman–Crippen MR) is 218 cm³/mol. The van der Waals surface area contributed by atoms with E-state index in [0.29, 0.717) is 13.2 Å². The van der Waals surface area contributed by atoms with Gasteiger partial charge in [0.15, 0.2) is 12.6 Å². The number of allylic oxidation sites excluding steroid dienone is 4. The molecule has 6 heteroatoms. The lowest BCUT2D eigenvalue weighted by atomic mass is 10.1. The zero-order valence-electron chi connectivity index (χ0n) is 34.6. The molecule has 0 rings (SSSR count). The Kier molecular flexibility index (Phi) is 39.8. The summed E-state index contributed by atoms with van der Waals surface area (Å²) in [7, 11) is 0. The van der Waals surface area contributed by atoms with Gasteiger partial charge >= 0.3 is 0 Å². The van der Waals surface area contributed by atoms with Crippen molar-refractivity contribution in [2.24, 2.45) is 0 Å². The normalized spacial score (nSPS) is 15.2. The van der Waals surface area contributed by atoms with Crippen molar-refractivity contribution in [2.45, 2.75) is 245 Å². The topological polar surface area (TPSA) is 77.4 Å². The highest BCUT2D eigenvalue weighted by Gasteiger charge is 2.22. The number of hydrogen-bond donors (Lipinski definition) is 2. The van der Waals surface area contributed by atoms with Crippen LogP contribution in [0.3, 0.4) is 0 Å². The van der Waals surface area contributed by atoms with Crippen LogP contribution in [-0.4, -0.2) is 60.9 Å². The van der Waals surface area contributed by atoms with E-state index >= 15 is 0 Å². The van der Waals surface area contributed by atoms with Gasteiger partial charge in [-0.25, -0.2) is 0 Å². The van der Waals surface area contributed by atoms with Crippen molar-refractivity contribution in [3.05, 3.63) is 24.3 Å². The molecule has 0 heterocycles. The largest absolute Gasteiger partial charge is 0.388 e. The van der Waals surface area contributed by atoms with E-state index in [1.807, 2.05) is 6.92 Å². The molecule has 2 N–H and O–H groups in total. The quantitative estimate of drug-likeness (QED) is 0.0371. The van der Waals surface area contributed by atoms with Gasteiger partial charge in [-0.1, -0.05) is 154 Å². The van der Waals surface area contributed by atoms with Crippen LogP contribution >= 0.6 is 0 Å². The van der Waals surface area contributed by atoms with E-state index in [2.05, 4.69) is 38.2 Å². The molecule has 0 aromatic rings. The highest BCUT2D eigenvalue weighted by atomic mass is 16.7. The molecule has 0 saturated carbocycles. The van der Waals surface area contributed by atoms with E-state index in [-0.39, 0.29) is 12.7 Å². The second-order valence-electron chi connectivity index (χ2n) is 15.1. The summed E-state index contributed by atoms with van der Waals surface area (Å²) < 4.78 is 23.6. The number of ether oxygens (including phenoxy) is 4. The van der Waals surface area contributed by atoms with Crippen LogP contribution in [0.1, 0.15) is 214 Å². The van der Waals surface area contributed by atoms with Crippen LogP contribution in [0.15, 0.2) is 24.3 Å². The zero-order valence-corrected chi connectivity index (χ0v) is 34.6. The fourth-order valence-electron chi connectivity index (χ4n) is 6.22. The molecule has 0 aliphatic rings. The van der Waals surface area contributed by atoms with Crippen LogP contribution in [0.4, 0.5) is 0 Å². The molecule has 0 saturated heterocycles. The minimum atomic E-state index is -0.739. The number of hydrogen-bond acceptors (Lipinski definition) is 6. The summed E-state index contributed by atoms with van der Waals surface area (Å²) in [5, 5.41) is 20.4. The maximum Gasteiger partial charge on any atom is 0.183 e. The van der Waals surface area contributed by atoms with Crippen LogP contribution in [-0.2, 0) is 18.9 Å². The third kappa shape index (κ3) is 37.4. The lowest BCUT2D eigenvalue weighted by Gasteiger charge is -2.27. The summed E-state index contributed by atoms with van der Waals surface area (Å²) in [5.74, 6) is 0. The lowest BCUT2D eigenvalue weighted by molar-refractivity contribution is -0.241. The monoisotopic (exact) mass is 725 g/mol. The molecular formula is C45H88O6. The van der Waals surface area contributed by atoms with Crippen molar-refractivity contribution in [3.8, 4) is 0 Å². The first-order chi connectivity index (χ1) is 24.9. The van der Waals surface area contributed by atoms with Crippen molar-refractivity contribution in [1.29, 1.82) is 0 Å². The first-order valence-corrected chi connectivity index (χ1v) is 22.1. The molecule has 5 atom stereocenters. The molecule has 0 bridgehead atoms. The summed E-state index contributed by atoms with van der Waals surface area (Å²) in [6.45, 7) is 11.2. The van der Waals surface area contributed by atoms with Crippen LogP contribution in [0.25, 0.3) is 0 Å². The van der Waals surface area contributed by atoms with Crippen molar-refractivity contribution < 1.29 is 29.2 Å². The zero-order chi connectivity index (χ0) is 37.5. The Morgan fingerprint density at radius 1 is 0.392 bits per heavy atom. The van der Waals surface area contributed by atoms with Gasteiger partial charge in [0.1, 0.15) is 12.2 Å². The summed E-state index contributed by atoms with van der Waals surface area (Å²) >= 11 is 0. The van der Waals surface area contributed by atoms with Crippen LogP contribution in [0.5, 0.6) is 0 Å². The van der Waals surface area contributed by atoms with Gasteiger partial charge in [0.05, 0.1) is 12.7 Å². The van der Waals surface area contributed by atoms with Crippen molar-refractivity contribution in [1.82, 2.24) is 0 Å². The van der Waals surface area contributed by atoms with E-state index in [1.54, 1.807) is 13.8 Å². The maximum atomic E-state index is 10.2. The van der Waals surface area contributed by atoms with Gasteiger partial charge in [0, 0.05) is 13.2 Å². The van der Waals surface area contributed by atoms with Gasteiger partial charge in [0.2, 0.25) is 0 Å². The van der Waals surface area contributed by atoms with Gasteiger partial charge in [-0.15, -0.1) is 0 Å². The minimum Gasteiger partial charge on any atom is -0.388 e. The van der Waals surface area contributed by atoms with Crippen LogP contribution < -0.4 is 0 Å². The molecule has 6 nitrogen and oxygen atoms in total. The Balaban J connectivity index is 3.83. The minimum absolute atomic E-state index is 0.254. The smallest absolute Gasteiger partial charge is 0.183 e. The molecule has 0 aliphatic heterocycles. The van der Waals surface area contributed by atoms with E-state index < -0.39 is 24.8 Å². The SMILES string of the molecule is CCCCCCCC/C=C\CCCCCCCCOC(OCC(C)OC(OCCCCCCCC/C=C\CCCCCCCC)C(C)O)C(C)O. The van der Waals surface area contributed by atoms with Gasteiger partial charge in [-0.2, -0.15) is 0 Å². The van der Waals surface area contributed by atoms with Gasteiger partial charge in [-0.3, -0.25) is 0 Å². The first-order valence-electron chi connectivity index (χ1n) is 22.1. The van der Waals surface area contributed by atoms with E-state index in [0.717, 1.165) is 25.7 Å². The third-order valence-electron chi connectivity index (χ3n) is 9.53. The summed E-state index contributed by atoms with van der Waals surface area (Å²) in [6, 6.07) is 0. The predicted octanol–water partition coefficient (Wildman–Crippen LogP) is 12.9. The first kappa shape index (κ1) is 50.2. The third-order valence-corrected chi connectivity index (χ3v) is 9.53. The van der Waals surface area contributed by atoms with E-state index in [9.17, 15) is 10.2 Å². The van der Waals surface area contributed by atoms with Gasteiger partial charge < -0.3 is 29.2 Å². The Hall–Kier alpha value is -0.760. The average molecular weight is 725 g/mol.